The van der Waals surface area contributed by atoms with Crippen molar-refractivity contribution in [2.75, 3.05) is 0 Å². The molecule has 18 heavy (non-hydrogen) atoms. The Morgan fingerprint density at radius 3 is 2.50 bits per heavy atom. The van der Waals surface area contributed by atoms with E-state index in [1.54, 1.807) is 12.1 Å². The molecule has 1 saturated carbocycles. The summed E-state index contributed by atoms with van der Waals surface area (Å²) in [5, 5.41) is 0. The second kappa shape index (κ2) is 5.00. The fourth-order valence-corrected chi connectivity index (χ4v) is 3.50. The van der Waals surface area contributed by atoms with Gasteiger partial charge in [0.2, 0.25) is 0 Å². The minimum Gasteiger partial charge on any atom is -0.327 e. The lowest BCUT2D eigenvalue weighted by Gasteiger charge is -2.43. The highest BCUT2D eigenvalue weighted by Gasteiger charge is 2.39. The minimum atomic E-state index is -0.190. The SMILES string of the molecule is CC1CCC(C(C)(C)c2ccccc2F)C(N)C1. The lowest BCUT2D eigenvalue weighted by Crippen LogP contribution is -2.46. The lowest BCUT2D eigenvalue weighted by molar-refractivity contribution is 0.168. The summed E-state index contributed by atoms with van der Waals surface area (Å²) < 4.78 is 14.0. The smallest absolute Gasteiger partial charge is 0.126 e. The van der Waals surface area contributed by atoms with E-state index in [2.05, 4.69) is 20.8 Å². The summed E-state index contributed by atoms with van der Waals surface area (Å²) >= 11 is 0. The molecule has 1 aromatic rings. The standard InChI is InChI=1S/C16H24FN/c1-11-8-9-13(15(18)10-11)16(2,3)12-6-4-5-7-14(12)17/h4-7,11,13,15H,8-10,18H2,1-3H3. The predicted molar refractivity (Wildman–Crippen MR) is 73.9 cm³/mol. The first-order valence-corrected chi connectivity index (χ1v) is 6.93. The van der Waals surface area contributed by atoms with E-state index in [0.717, 1.165) is 18.4 Å². The molecule has 2 N–H and O–H groups in total. The maximum absolute atomic E-state index is 14.0. The molecule has 2 rings (SSSR count). The number of nitrogens with two attached hydrogens (primary N) is 1. The van der Waals surface area contributed by atoms with Gasteiger partial charge in [-0.1, -0.05) is 45.4 Å². The normalized spacial score (nSPS) is 29.3. The number of hydrogen-bond acceptors (Lipinski definition) is 1. The van der Waals surface area contributed by atoms with E-state index in [9.17, 15) is 4.39 Å². The van der Waals surface area contributed by atoms with E-state index in [4.69, 9.17) is 5.73 Å². The second-order valence-corrected chi connectivity index (χ2v) is 6.39. The van der Waals surface area contributed by atoms with Gasteiger partial charge < -0.3 is 5.73 Å². The molecule has 0 bridgehead atoms. The van der Waals surface area contributed by atoms with Crippen LogP contribution in [0.2, 0.25) is 0 Å². The largest absolute Gasteiger partial charge is 0.327 e. The molecule has 0 aromatic heterocycles. The Hall–Kier alpha value is -0.890. The number of rotatable bonds is 2. The predicted octanol–water partition coefficient (Wildman–Crippen LogP) is 3.87. The summed E-state index contributed by atoms with van der Waals surface area (Å²) in [7, 11) is 0. The number of hydrogen-bond donors (Lipinski definition) is 1. The molecular formula is C16H24FN. The van der Waals surface area contributed by atoms with Gasteiger partial charge in [-0.25, -0.2) is 4.39 Å². The van der Waals surface area contributed by atoms with E-state index >= 15 is 0 Å². The first kappa shape index (κ1) is 13.5. The van der Waals surface area contributed by atoms with E-state index in [-0.39, 0.29) is 17.3 Å². The maximum Gasteiger partial charge on any atom is 0.126 e. The van der Waals surface area contributed by atoms with Crippen LogP contribution in [0.3, 0.4) is 0 Å². The Morgan fingerprint density at radius 1 is 1.22 bits per heavy atom. The van der Waals surface area contributed by atoms with Crippen molar-refractivity contribution in [2.45, 2.75) is 51.5 Å². The molecule has 2 heteroatoms. The van der Waals surface area contributed by atoms with Gasteiger partial charge in [-0.3, -0.25) is 0 Å². The molecule has 0 heterocycles. The molecule has 100 valence electrons. The van der Waals surface area contributed by atoms with Crippen LogP contribution in [0.4, 0.5) is 4.39 Å². The average Bonchev–Trinajstić information content (AvgIpc) is 2.28. The van der Waals surface area contributed by atoms with Crippen molar-refractivity contribution in [1.29, 1.82) is 0 Å². The van der Waals surface area contributed by atoms with Crippen molar-refractivity contribution >= 4 is 0 Å². The molecule has 1 fully saturated rings. The summed E-state index contributed by atoms with van der Waals surface area (Å²) in [6, 6.07) is 7.30. The van der Waals surface area contributed by atoms with Gasteiger partial charge in [0.25, 0.3) is 0 Å². The molecule has 0 saturated heterocycles. The summed E-state index contributed by atoms with van der Waals surface area (Å²) in [5.41, 5.74) is 6.94. The molecule has 1 aliphatic carbocycles. The van der Waals surface area contributed by atoms with Gasteiger partial charge in [-0.2, -0.15) is 0 Å². The third-order valence-electron chi connectivity index (χ3n) is 4.66. The maximum atomic E-state index is 14.0. The third kappa shape index (κ3) is 2.44. The summed E-state index contributed by atoms with van der Waals surface area (Å²) in [4.78, 5) is 0. The van der Waals surface area contributed by atoms with Gasteiger partial charge in [0.1, 0.15) is 5.82 Å². The molecule has 0 spiro atoms. The van der Waals surface area contributed by atoms with Crippen LogP contribution in [-0.4, -0.2) is 6.04 Å². The highest BCUT2D eigenvalue weighted by atomic mass is 19.1. The molecule has 0 aliphatic heterocycles. The molecule has 3 atom stereocenters. The zero-order chi connectivity index (χ0) is 13.3. The monoisotopic (exact) mass is 249 g/mol. The van der Waals surface area contributed by atoms with Gasteiger partial charge in [0.15, 0.2) is 0 Å². The van der Waals surface area contributed by atoms with E-state index < -0.39 is 0 Å². The summed E-state index contributed by atoms with van der Waals surface area (Å²) in [6.07, 6.45) is 3.36. The van der Waals surface area contributed by atoms with Crippen molar-refractivity contribution < 1.29 is 4.39 Å². The first-order chi connectivity index (χ1) is 8.43. The van der Waals surface area contributed by atoms with Gasteiger partial charge in [0.05, 0.1) is 0 Å². The Kier molecular flexibility index (Phi) is 3.76. The van der Waals surface area contributed by atoms with Crippen LogP contribution < -0.4 is 5.73 Å². The molecule has 3 unspecified atom stereocenters. The van der Waals surface area contributed by atoms with E-state index in [1.165, 1.54) is 6.42 Å². The first-order valence-electron chi connectivity index (χ1n) is 6.93. The number of halogens is 1. The third-order valence-corrected chi connectivity index (χ3v) is 4.66. The zero-order valence-electron chi connectivity index (χ0n) is 11.6. The van der Waals surface area contributed by atoms with Crippen LogP contribution in [0.1, 0.15) is 45.6 Å². The summed E-state index contributed by atoms with van der Waals surface area (Å²) in [5.74, 6) is 0.964. The minimum absolute atomic E-state index is 0.103. The van der Waals surface area contributed by atoms with Crippen LogP contribution in [0.25, 0.3) is 0 Å². The second-order valence-electron chi connectivity index (χ2n) is 6.39. The van der Waals surface area contributed by atoms with Gasteiger partial charge in [-0.15, -0.1) is 0 Å². The van der Waals surface area contributed by atoms with Crippen LogP contribution in [0, 0.1) is 17.7 Å². The fraction of sp³-hybridized carbons (Fsp3) is 0.625. The molecule has 1 aliphatic rings. The van der Waals surface area contributed by atoms with Crippen molar-refractivity contribution in [3.8, 4) is 0 Å². The van der Waals surface area contributed by atoms with Crippen LogP contribution >= 0.6 is 0 Å². The average molecular weight is 249 g/mol. The van der Waals surface area contributed by atoms with Crippen LogP contribution in [0.5, 0.6) is 0 Å². The van der Waals surface area contributed by atoms with Crippen molar-refractivity contribution in [3.63, 3.8) is 0 Å². The number of benzene rings is 1. The van der Waals surface area contributed by atoms with Crippen LogP contribution in [-0.2, 0) is 5.41 Å². The van der Waals surface area contributed by atoms with Gasteiger partial charge >= 0.3 is 0 Å². The molecule has 0 amide bonds. The van der Waals surface area contributed by atoms with Gasteiger partial charge in [-0.05, 0) is 41.7 Å². The molecular weight excluding hydrogens is 225 g/mol. The Labute approximate surface area is 110 Å². The van der Waals surface area contributed by atoms with Crippen molar-refractivity contribution in [2.24, 2.45) is 17.6 Å². The topological polar surface area (TPSA) is 26.0 Å². The Morgan fingerprint density at radius 2 is 1.89 bits per heavy atom. The fourth-order valence-electron chi connectivity index (χ4n) is 3.50. The lowest BCUT2D eigenvalue weighted by atomic mass is 9.64. The Balaban J connectivity index is 2.28. The van der Waals surface area contributed by atoms with E-state index in [1.807, 2.05) is 12.1 Å². The van der Waals surface area contributed by atoms with Crippen molar-refractivity contribution in [1.82, 2.24) is 0 Å². The molecule has 1 nitrogen and oxygen atoms in total. The summed E-state index contributed by atoms with van der Waals surface area (Å²) in [6.45, 7) is 6.52. The van der Waals surface area contributed by atoms with Crippen LogP contribution in [0.15, 0.2) is 24.3 Å². The highest BCUT2D eigenvalue weighted by molar-refractivity contribution is 5.27. The van der Waals surface area contributed by atoms with Crippen molar-refractivity contribution in [3.05, 3.63) is 35.6 Å². The molecule has 0 radical (unpaired) electrons. The molecule has 1 aromatic carbocycles. The highest BCUT2D eigenvalue weighted by Crippen LogP contribution is 2.42. The van der Waals surface area contributed by atoms with E-state index in [0.29, 0.717) is 11.8 Å². The quantitative estimate of drug-likeness (QED) is 0.846. The Bertz CT molecular complexity index is 413. The zero-order valence-corrected chi connectivity index (χ0v) is 11.6. The van der Waals surface area contributed by atoms with Gasteiger partial charge in [0, 0.05) is 6.04 Å².